The lowest BCUT2D eigenvalue weighted by Crippen LogP contribution is -2.30. The van der Waals surface area contributed by atoms with E-state index in [1.54, 1.807) is 76.5 Å². The van der Waals surface area contributed by atoms with Crippen LogP contribution in [0.2, 0.25) is 0 Å². The summed E-state index contributed by atoms with van der Waals surface area (Å²) in [5.41, 5.74) is 2.68. The zero-order valence-electron chi connectivity index (χ0n) is 36.4. The first-order valence-corrected chi connectivity index (χ1v) is 20.8. The monoisotopic (exact) mass is 862 g/mol. The Morgan fingerprint density at radius 2 is 0.969 bits per heavy atom. The summed E-state index contributed by atoms with van der Waals surface area (Å²) < 4.78 is 0. The molecule has 0 atom stereocenters. The molecule has 0 fully saturated rings. The van der Waals surface area contributed by atoms with Crippen molar-refractivity contribution in [2.45, 2.75) is 67.2 Å². The lowest BCUT2D eigenvalue weighted by molar-refractivity contribution is -0.113. The fourth-order valence-corrected chi connectivity index (χ4v) is 8.96. The Balaban J connectivity index is 1.36. The predicted octanol–water partition coefficient (Wildman–Crippen LogP) is 7.93. The van der Waals surface area contributed by atoms with Gasteiger partial charge < -0.3 is 30.6 Å². The van der Waals surface area contributed by atoms with Crippen molar-refractivity contribution in [3.8, 4) is 45.6 Å². The van der Waals surface area contributed by atoms with Crippen molar-refractivity contribution in [3.63, 3.8) is 0 Å². The van der Waals surface area contributed by atoms with Gasteiger partial charge in [-0.3, -0.25) is 19.4 Å². The molecule has 0 radical (unpaired) electrons. The molecule has 4 aromatic carbocycles. The Morgan fingerprint density at radius 1 is 0.594 bits per heavy atom. The lowest BCUT2D eigenvalue weighted by atomic mass is 9.83. The highest BCUT2D eigenvalue weighted by Crippen LogP contribution is 2.54. The van der Waals surface area contributed by atoms with E-state index in [9.17, 15) is 40.2 Å². The fraction of sp³-hybridized carbons (Fsp3) is 0.250. The van der Waals surface area contributed by atoms with Gasteiger partial charge in [0.15, 0.2) is 34.4 Å². The van der Waals surface area contributed by atoms with Crippen molar-refractivity contribution in [2.75, 3.05) is 22.9 Å². The fourth-order valence-electron chi connectivity index (χ4n) is 8.96. The van der Waals surface area contributed by atoms with Crippen molar-refractivity contribution >= 4 is 68.8 Å². The van der Waals surface area contributed by atoms with E-state index in [1.807, 2.05) is 27.7 Å². The van der Waals surface area contributed by atoms with Gasteiger partial charge >= 0.3 is 0 Å². The number of likely N-dealkylation sites (N-methyl/N-ethyl adjacent to an activating group) is 2. The van der Waals surface area contributed by atoms with Gasteiger partial charge in [0.25, 0.3) is 11.8 Å². The molecule has 8 rings (SSSR count). The zero-order valence-corrected chi connectivity index (χ0v) is 36.4. The molecule has 6 aromatic rings. The van der Waals surface area contributed by atoms with E-state index in [-0.39, 0.29) is 67.8 Å². The van der Waals surface area contributed by atoms with Crippen LogP contribution in [0.25, 0.3) is 32.7 Å². The van der Waals surface area contributed by atoms with Crippen molar-refractivity contribution in [2.24, 2.45) is 20.4 Å². The van der Waals surface area contributed by atoms with E-state index < -0.39 is 34.8 Å². The number of phenolic OH excluding ortho intramolecular Hbond substituents is 6. The number of pyridine rings is 2. The number of hydrogen-bond acceptors (Lipinski definition) is 14. The minimum Gasteiger partial charge on any atom is -0.507 e. The van der Waals surface area contributed by atoms with E-state index in [4.69, 9.17) is 0 Å². The third-order valence-corrected chi connectivity index (χ3v) is 11.8. The van der Waals surface area contributed by atoms with Gasteiger partial charge in [0.2, 0.25) is 0 Å². The molecule has 4 heterocycles. The SMILES string of the molecule is CCN1C(=O)/C(=N\N=C\c2c(O)c(O)c(C(C)C)c3cc(C)c(-c4c(C)cc5c(C(C)C)c(O)c(O)c(/C=N/N=C6/C(=O)N(CC)c7ncccc76)c5c4O)c(O)c23)c2cccnc21. The number of carbonyl (C=O) groups excluding carboxylic acids is 2. The highest BCUT2D eigenvalue weighted by atomic mass is 16.3. The van der Waals surface area contributed by atoms with Crippen LogP contribution in [-0.4, -0.2) is 89.4 Å². The predicted molar refractivity (Wildman–Crippen MR) is 247 cm³/mol. The summed E-state index contributed by atoms with van der Waals surface area (Å²) >= 11 is 0. The number of fused-ring (bicyclic) bond motifs is 4. The first-order valence-electron chi connectivity index (χ1n) is 20.8. The number of carbonyl (C=O) groups is 2. The van der Waals surface area contributed by atoms with Crippen molar-refractivity contribution in [3.05, 3.63) is 93.3 Å². The molecule has 0 unspecified atom stereocenters. The summed E-state index contributed by atoms with van der Waals surface area (Å²) in [5, 5.41) is 88.9. The van der Waals surface area contributed by atoms with Crippen LogP contribution in [0, 0.1) is 13.8 Å². The van der Waals surface area contributed by atoms with Crippen LogP contribution >= 0.6 is 0 Å². The average molecular weight is 863 g/mol. The summed E-state index contributed by atoms with van der Waals surface area (Å²) in [6.45, 7) is 15.0. The molecule has 64 heavy (non-hydrogen) atoms. The second-order valence-electron chi connectivity index (χ2n) is 16.3. The molecule has 0 saturated carbocycles. The minimum atomic E-state index is -0.594. The molecule has 2 aliphatic rings. The molecule has 16 nitrogen and oxygen atoms in total. The Labute approximate surface area is 367 Å². The molecule has 2 aliphatic heterocycles. The molecule has 16 heteroatoms. The number of hydrogen-bond donors (Lipinski definition) is 6. The summed E-state index contributed by atoms with van der Waals surface area (Å²) in [6.07, 6.45) is 5.43. The molecule has 326 valence electrons. The van der Waals surface area contributed by atoms with Crippen LogP contribution < -0.4 is 9.80 Å². The topological polar surface area (TPSA) is 237 Å². The first-order chi connectivity index (χ1) is 30.5. The van der Waals surface area contributed by atoms with Gasteiger partial charge in [-0.25, -0.2) is 9.97 Å². The number of benzene rings is 4. The number of aromatic hydroxyl groups is 6. The standard InChI is InChI=1S/C48H46N8O8/c1-9-55-45-25(13-11-15-49-45)37(47(55)63)53-51-19-29-35-27(31(21(3)4)43(61)39(29)57)17-23(7)33(41(35)59)34-24(8)18-28-32(22(5)6)44(62)40(58)30(36(28)42(34)60)20-52-54-38-26-14-12-16-50-46(26)56(10-2)48(38)64/h11-22,57-62H,9-10H2,1-8H3/b51-19+,52-20+,53-37-,54-38+. The van der Waals surface area contributed by atoms with E-state index in [0.29, 0.717) is 68.9 Å². The number of nitrogens with zero attached hydrogens (tertiary/aromatic N) is 8. The number of aromatic nitrogens is 2. The van der Waals surface area contributed by atoms with E-state index in [0.717, 1.165) is 12.4 Å². The molecular formula is C48H46N8O8. The van der Waals surface area contributed by atoms with Gasteiger partial charge in [-0.05, 0) is 85.7 Å². The van der Waals surface area contributed by atoms with Crippen molar-refractivity contribution in [1.29, 1.82) is 0 Å². The minimum absolute atomic E-state index is 0.0193. The highest BCUT2D eigenvalue weighted by Gasteiger charge is 2.36. The Kier molecular flexibility index (Phi) is 10.8. The van der Waals surface area contributed by atoms with Crippen molar-refractivity contribution in [1.82, 2.24) is 9.97 Å². The Hall–Kier alpha value is -7.88. The van der Waals surface area contributed by atoms with Gasteiger partial charge in [-0.1, -0.05) is 39.8 Å². The van der Waals surface area contributed by atoms with Crippen LogP contribution in [0.15, 0.2) is 69.2 Å². The molecular weight excluding hydrogens is 817 g/mol. The largest absolute Gasteiger partial charge is 0.507 e. The molecule has 0 spiro atoms. The number of rotatable bonds is 9. The molecule has 0 saturated heterocycles. The highest BCUT2D eigenvalue weighted by molar-refractivity contribution is 6.54. The molecule has 0 aliphatic carbocycles. The number of aryl methyl sites for hydroxylation is 2. The first kappa shape index (κ1) is 42.8. The van der Waals surface area contributed by atoms with Crippen molar-refractivity contribution < 1.29 is 40.2 Å². The summed E-state index contributed by atoms with van der Waals surface area (Å²) in [6, 6.07) is 10.2. The van der Waals surface area contributed by atoms with Crippen LogP contribution in [0.4, 0.5) is 11.6 Å². The summed E-state index contributed by atoms with van der Waals surface area (Å²) in [5.74, 6) is -3.47. The van der Waals surface area contributed by atoms with Gasteiger partial charge in [-0.2, -0.15) is 10.2 Å². The summed E-state index contributed by atoms with van der Waals surface area (Å²) in [7, 11) is 0. The van der Waals surface area contributed by atoms with Crippen LogP contribution in [0.1, 0.15) is 97.9 Å². The summed E-state index contributed by atoms with van der Waals surface area (Å²) in [4.78, 5) is 38.2. The Morgan fingerprint density at radius 3 is 1.31 bits per heavy atom. The van der Waals surface area contributed by atoms with E-state index in [1.165, 1.54) is 9.80 Å². The van der Waals surface area contributed by atoms with E-state index in [2.05, 4.69) is 30.4 Å². The third-order valence-electron chi connectivity index (χ3n) is 11.8. The van der Waals surface area contributed by atoms with Crippen LogP contribution in [-0.2, 0) is 9.59 Å². The van der Waals surface area contributed by atoms with Gasteiger partial charge in [-0.15, -0.1) is 10.2 Å². The van der Waals surface area contributed by atoms with Crippen LogP contribution in [0.3, 0.4) is 0 Å². The maximum Gasteiger partial charge on any atom is 0.280 e. The van der Waals surface area contributed by atoms with E-state index >= 15 is 0 Å². The van der Waals surface area contributed by atoms with Gasteiger partial charge in [0.1, 0.15) is 23.1 Å². The maximum atomic E-state index is 13.3. The van der Waals surface area contributed by atoms with Crippen LogP contribution in [0.5, 0.6) is 34.5 Å². The quantitative estimate of drug-likeness (QED) is 0.0466. The molecule has 0 bridgehead atoms. The lowest BCUT2D eigenvalue weighted by Gasteiger charge is -2.23. The number of phenols is 6. The zero-order chi connectivity index (χ0) is 46.0. The second kappa shape index (κ2) is 16.1. The third kappa shape index (κ3) is 6.43. The molecule has 2 amide bonds. The maximum absolute atomic E-state index is 13.3. The Bertz CT molecular complexity index is 2930. The normalized spacial score (nSPS) is 15.3. The van der Waals surface area contributed by atoms with Gasteiger partial charge in [0.05, 0.1) is 34.7 Å². The smallest absolute Gasteiger partial charge is 0.280 e. The number of amides is 2. The molecule has 6 N–H and O–H groups in total. The second-order valence-corrected chi connectivity index (χ2v) is 16.3. The molecule has 2 aromatic heterocycles. The average Bonchev–Trinajstić information content (AvgIpc) is 3.69. The number of anilines is 2. The van der Waals surface area contributed by atoms with Gasteiger partial charge in [0, 0.05) is 58.5 Å².